The third-order valence-electron chi connectivity index (χ3n) is 5.46. The molecular weight excluding hydrogens is 400 g/mol. The summed E-state index contributed by atoms with van der Waals surface area (Å²) >= 11 is 5.90. The number of benzene rings is 2. The SMILES string of the molecule is O=C(CCn1c(=O)c(N2CCCCC2)nc2ccccc21)NCc1ccc(Cl)cc1. The van der Waals surface area contributed by atoms with Crippen LogP contribution in [-0.2, 0) is 17.9 Å². The molecule has 1 aromatic heterocycles. The van der Waals surface area contributed by atoms with Crippen LogP contribution in [0, 0.1) is 0 Å². The van der Waals surface area contributed by atoms with Crippen molar-refractivity contribution in [1.29, 1.82) is 0 Å². The molecule has 0 spiro atoms. The van der Waals surface area contributed by atoms with E-state index in [9.17, 15) is 9.59 Å². The molecule has 0 bridgehead atoms. The molecule has 2 heterocycles. The summed E-state index contributed by atoms with van der Waals surface area (Å²) in [7, 11) is 0. The van der Waals surface area contributed by atoms with Crippen LogP contribution in [0.1, 0.15) is 31.2 Å². The molecule has 1 N–H and O–H groups in total. The normalized spacial score (nSPS) is 14.1. The molecule has 0 saturated carbocycles. The van der Waals surface area contributed by atoms with Crippen molar-refractivity contribution in [2.24, 2.45) is 0 Å². The number of rotatable bonds is 6. The second-order valence-electron chi connectivity index (χ2n) is 7.58. The summed E-state index contributed by atoms with van der Waals surface area (Å²) in [5.74, 6) is 0.396. The van der Waals surface area contributed by atoms with Crippen molar-refractivity contribution in [2.45, 2.75) is 38.8 Å². The van der Waals surface area contributed by atoms with Gasteiger partial charge < -0.3 is 14.8 Å². The zero-order valence-electron chi connectivity index (χ0n) is 16.8. The summed E-state index contributed by atoms with van der Waals surface area (Å²) in [4.78, 5) is 32.4. The first-order valence-corrected chi connectivity index (χ1v) is 10.8. The van der Waals surface area contributed by atoms with Crippen LogP contribution in [0.2, 0.25) is 5.02 Å². The number of carbonyl (C=O) groups is 1. The molecular formula is C23H25ClN4O2. The molecule has 1 aliphatic heterocycles. The lowest BCUT2D eigenvalue weighted by Gasteiger charge is -2.27. The number of nitrogens with one attached hydrogen (secondary N) is 1. The molecule has 1 aliphatic rings. The van der Waals surface area contributed by atoms with E-state index >= 15 is 0 Å². The van der Waals surface area contributed by atoms with E-state index in [0.717, 1.165) is 42.5 Å². The summed E-state index contributed by atoms with van der Waals surface area (Å²) in [6.45, 7) is 2.44. The minimum Gasteiger partial charge on any atom is -0.352 e. The standard InChI is InChI=1S/C23H25ClN4O2/c24-18-10-8-17(9-11-18)16-25-21(29)12-15-28-20-7-3-2-6-19(20)26-22(23(28)30)27-13-4-1-5-14-27/h2-3,6-11H,1,4-5,12-16H2,(H,25,29). The minimum absolute atomic E-state index is 0.0998. The van der Waals surface area contributed by atoms with E-state index in [0.29, 0.717) is 23.9 Å². The third-order valence-corrected chi connectivity index (χ3v) is 5.71. The number of halogens is 1. The average molecular weight is 425 g/mol. The van der Waals surface area contributed by atoms with Crippen LogP contribution in [0.4, 0.5) is 5.82 Å². The fourth-order valence-corrected chi connectivity index (χ4v) is 3.94. The second kappa shape index (κ2) is 9.30. The fourth-order valence-electron chi connectivity index (χ4n) is 3.82. The minimum atomic E-state index is -0.124. The Balaban J connectivity index is 1.51. The van der Waals surface area contributed by atoms with Gasteiger partial charge in [0.15, 0.2) is 5.82 Å². The maximum absolute atomic E-state index is 13.2. The van der Waals surface area contributed by atoms with Gasteiger partial charge in [-0.1, -0.05) is 35.9 Å². The van der Waals surface area contributed by atoms with Gasteiger partial charge in [-0.2, -0.15) is 0 Å². The first-order valence-electron chi connectivity index (χ1n) is 10.4. The van der Waals surface area contributed by atoms with E-state index in [2.05, 4.69) is 15.2 Å². The van der Waals surface area contributed by atoms with Crippen LogP contribution in [-0.4, -0.2) is 28.5 Å². The van der Waals surface area contributed by atoms with Gasteiger partial charge in [-0.05, 0) is 49.1 Å². The average Bonchev–Trinajstić information content (AvgIpc) is 2.78. The van der Waals surface area contributed by atoms with E-state index in [1.165, 1.54) is 6.42 Å². The predicted molar refractivity (Wildman–Crippen MR) is 120 cm³/mol. The lowest BCUT2D eigenvalue weighted by atomic mass is 10.1. The van der Waals surface area contributed by atoms with Crippen molar-refractivity contribution in [2.75, 3.05) is 18.0 Å². The Morgan fingerprint density at radius 1 is 1.03 bits per heavy atom. The summed E-state index contributed by atoms with van der Waals surface area (Å²) < 4.78 is 1.69. The molecule has 7 heteroatoms. The van der Waals surface area contributed by atoms with Crippen LogP contribution in [0.25, 0.3) is 11.0 Å². The number of aryl methyl sites for hydroxylation is 1. The Labute approximate surface area is 180 Å². The molecule has 3 aromatic rings. The van der Waals surface area contributed by atoms with Gasteiger partial charge in [0, 0.05) is 37.6 Å². The Kier molecular flexibility index (Phi) is 6.33. The van der Waals surface area contributed by atoms with E-state index in [-0.39, 0.29) is 17.9 Å². The van der Waals surface area contributed by atoms with Crippen LogP contribution in [0.3, 0.4) is 0 Å². The van der Waals surface area contributed by atoms with Gasteiger partial charge in [0.05, 0.1) is 11.0 Å². The highest BCUT2D eigenvalue weighted by Crippen LogP contribution is 2.18. The van der Waals surface area contributed by atoms with Crippen LogP contribution >= 0.6 is 11.6 Å². The molecule has 30 heavy (non-hydrogen) atoms. The van der Waals surface area contributed by atoms with Gasteiger partial charge in [0.25, 0.3) is 5.56 Å². The van der Waals surface area contributed by atoms with E-state index in [1.807, 2.05) is 36.4 Å². The Morgan fingerprint density at radius 3 is 2.53 bits per heavy atom. The summed E-state index contributed by atoms with van der Waals surface area (Å²) in [5, 5.41) is 3.58. The summed E-state index contributed by atoms with van der Waals surface area (Å²) in [6.07, 6.45) is 3.55. The maximum Gasteiger partial charge on any atom is 0.294 e. The highest BCUT2D eigenvalue weighted by molar-refractivity contribution is 6.30. The molecule has 0 radical (unpaired) electrons. The zero-order chi connectivity index (χ0) is 20.9. The van der Waals surface area contributed by atoms with Gasteiger partial charge in [-0.25, -0.2) is 4.98 Å². The van der Waals surface area contributed by atoms with Gasteiger partial charge in [-0.15, -0.1) is 0 Å². The highest BCUT2D eigenvalue weighted by atomic mass is 35.5. The number of hydrogen-bond donors (Lipinski definition) is 1. The molecule has 4 rings (SSSR count). The Morgan fingerprint density at radius 2 is 1.77 bits per heavy atom. The zero-order valence-corrected chi connectivity index (χ0v) is 17.6. The largest absolute Gasteiger partial charge is 0.352 e. The molecule has 6 nitrogen and oxygen atoms in total. The van der Waals surface area contributed by atoms with Crippen molar-refractivity contribution in [3.63, 3.8) is 0 Å². The number of para-hydroxylation sites is 2. The number of anilines is 1. The second-order valence-corrected chi connectivity index (χ2v) is 8.02. The predicted octanol–water partition coefficient (Wildman–Crippen LogP) is 3.75. The first-order chi connectivity index (χ1) is 14.6. The fraction of sp³-hybridized carbons (Fsp3) is 0.348. The van der Waals surface area contributed by atoms with Crippen molar-refractivity contribution in [1.82, 2.24) is 14.9 Å². The number of nitrogens with zero attached hydrogens (tertiary/aromatic N) is 3. The van der Waals surface area contributed by atoms with Crippen molar-refractivity contribution >= 4 is 34.4 Å². The summed E-state index contributed by atoms with van der Waals surface area (Å²) in [5.41, 5.74) is 2.39. The monoisotopic (exact) mass is 424 g/mol. The molecule has 156 valence electrons. The number of fused-ring (bicyclic) bond motifs is 1. The molecule has 2 aromatic carbocycles. The molecule has 1 saturated heterocycles. The van der Waals surface area contributed by atoms with E-state index in [4.69, 9.17) is 11.6 Å². The van der Waals surface area contributed by atoms with Crippen LogP contribution in [0.15, 0.2) is 53.3 Å². The number of amides is 1. The van der Waals surface area contributed by atoms with Crippen molar-refractivity contribution in [3.8, 4) is 0 Å². The quantitative estimate of drug-likeness (QED) is 0.654. The maximum atomic E-state index is 13.2. The number of carbonyl (C=O) groups excluding carboxylic acids is 1. The topological polar surface area (TPSA) is 67.2 Å². The summed E-state index contributed by atoms with van der Waals surface area (Å²) in [6, 6.07) is 15.0. The van der Waals surface area contributed by atoms with Gasteiger partial charge in [-0.3, -0.25) is 9.59 Å². The molecule has 0 unspecified atom stereocenters. The molecule has 1 amide bonds. The van der Waals surface area contributed by atoms with Crippen molar-refractivity contribution in [3.05, 3.63) is 69.5 Å². The highest BCUT2D eigenvalue weighted by Gasteiger charge is 2.19. The van der Waals surface area contributed by atoms with Crippen LogP contribution < -0.4 is 15.8 Å². The molecule has 1 fully saturated rings. The van der Waals surface area contributed by atoms with Gasteiger partial charge >= 0.3 is 0 Å². The van der Waals surface area contributed by atoms with Crippen LogP contribution in [0.5, 0.6) is 0 Å². The van der Waals surface area contributed by atoms with Gasteiger partial charge in [0.2, 0.25) is 5.91 Å². The number of piperidine rings is 1. The van der Waals surface area contributed by atoms with E-state index < -0.39 is 0 Å². The Bertz CT molecular complexity index is 1090. The smallest absolute Gasteiger partial charge is 0.294 e. The first kappa shape index (κ1) is 20.4. The third kappa shape index (κ3) is 4.65. The Hall–Kier alpha value is -2.86. The molecule has 0 aliphatic carbocycles. The lowest BCUT2D eigenvalue weighted by Crippen LogP contribution is -2.37. The van der Waals surface area contributed by atoms with Crippen molar-refractivity contribution < 1.29 is 4.79 Å². The number of hydrogen-bond acceptors (Lipinski definition) is 4. The van der Waals surface area contributed by atoms with E-state index in [1.54, 1.807) is 16.7 Å². The lowest BCUT2D eigenvalue weighted by molar-refractivity contribution is -0.121. The van der Waals surface area contributed by atoms with Gasteiger partial charge in [0.1, 0.15) is 0 Å². The number of aromatic nitrogens is 2. The molecule has 0 atom stereocenters.